The fraction of sp³-hybridized carbons (Fsp3) is 0.200. The highest BCUT2D eigenvalue weighted by Crippen LogP contribution is 2.41. The van der Waals surface area contributed by atoms with Crippen LogP contribution in [0.3, 0.4) is 0 Å². The molecule has 0 amide bonds. The minimum Gasteiger partial charge on any atom is -0.170 e. The van der Waals surface area contributed by atoms with E-state index < -0.39 is 16.9 Å². The predicted octanol–water partition coefficient (Wildman–Crippen LogP) is 3.66. The lowest BCUT2D eigenvalue weighted by Gasteiger charge is -2.19. The van der Waals surface area contributed by atoms with Gasteiger partial charge in [-0.3, -0.25) is 0 Å². The summed E-state index contributed by atoms with van der Waals surface area (Å²) in [6, 6.07) is 2.91. The zero-order chi connectivity index (χ0) is 14.3. The molecule has 2 aromatic rings. The summed E-state index contributed by atoms with van der Waals surface area (Å²) in [7, 11) is 0. The van der Waals surface area contributed by atoms with Gasteiger partial charge >= 0.3 is 12.2 Å². The second-order valence-corrected chi connectivity index (χ2v) is 4.57. The molecular formula is C10H5F5IN3. The maximum Gasteiger partial charge on any atom is 0.477 e. The molecule has 0 aliphatic carbocycles. The Morgan fingerprint density at radius 2 is 1.58 bits per heavy atom. The van der Waals surface area contributed by atoms with Crippen LogP contribution in [-0.2, 0) is 6.05 Å². The number of alkyl halides is 5. The van der Waals surface area contributed by atoms with Crippen molar-refractivity contribution >= 4 is 22.6 Å². The fourth-order valence-corrected chi connectivity index (χ4v) is 2.16. The van der Waals surface area contributed by atoms with Crippen LogP contribution >= 0.6 is 22.6 Å². The Labute approximate surface area is 117 Å². The van der Waals surface area contributed by atoms with Gasteiger partial charge in [-0.1, -0.05) is 35.5 Å². The van der Waals surface area contributed by atoms with Crippen LogP contribution in [0.2, 0.25) is 0 Å². The van der Waals surface area contributed by atoms with Gasteiger partial charge in [0, 0.05) is 5.56 Å². The van der Waals surface area contributed by atoms with Gasteiger partial charge in [-0.2, -0.15) is 26.6 Å². The lowest BCUT2D eigenvalue weighted by Crippen LogP contribution is -2.41. The number of benzene rings is 1. The van der Waals surface area contributed by atoms with E-state index in [2.05, 4.69) is 10.3 Å². The summed E-state index contributed by atoms with van der Waals surface area (Å²) >= 11 is 1.36. The Hall–Kier alpha value is -1.26. The monoisotopic (exact) mass is 389 g/mol. The molecule has 19 heavy (non-hydrogen) atoms. The Morgan fingerprint density at radius 1 is 1.00 bits per heavy atom. The van der Waals surface area contributed by atoms with Crippen LogP contribution in [0.15, 0.2) is 30.3 Å². The molecule has 0 saturated carbocycles. The van der Waals surface area contributed by atoms with E-state index in [0.29, 0.717) is 5.56 Å². The molecule has 1 aromatic heterocycles. The molecule has 0 N–H and O–H groups in total. The zero-order valence-electron chi connectivity index (χ0n) is 9.00. The number of aromatic nitrogens is 3. The van der Waals surface area contributed by atoms with Gasteiger partial charge in [0.15, 0.2) is 0 Å². The maximum atomic E-state index is 13.2. The third kappa shape index (κ3) is 2.42. The van der Waals surface area contributed by atoms with Gasteiger partial charge in [0.1, 0.15) is 9.39 Å². The first-order valence-electron chi connectivity index (χ1n) is 4.87. The minimum absolute atomic E-state index is 0.0230. The van der Waals surface area contributed by atoms with Crippen LogP contribution in [0, 0.1) is 3.70 Å². The topological polar surface area (TPSA) is 30.7 Å². The molecule has 1 aromatic carbocycles. The van der Waals surface area contributed by atoms with Gasteiger partial charge in [-0.05, 0) is 22.6 Å². The van der Waals surface area contributed by atoms with Crippen molar-refractivity contribution in [1.29, 1.82) is 0 Å². The molecule has 9 heteroatoms. The Bertz CT molecular complexity index is 579. The van der Waals surface area contributed by atoms with Crippen LogP contribution < -0.4 is 0 Å². The first-order valence-corrected chi connectivity index (χ1v) is 5.94. The van der Waals surface area contributed by atoms with E-state index in [0.717, 1.165) is 0 Å². The molecule has 0 spiro atoms. The van der Waals surface area contributed by atoms with Crippen molar-refractivity contribution in [2.45, 2.75) is 12.2 Å². The number of nitrogens with zero attached hydrogens (tertiary/aromatic N) is 3. The molecule has 1 heterocycles. The van der Waals surface area contributed by atoms with E-state index in [4.69, 9.17) is 0 Å². The van der Waals surface area contributed by atoms with Crippen molar-refractivity contribution in [3.05, 3.63) is 34.0 Å². The number of hydrogen-bond acceptors (Lipinski definition) is 2. The second-order valence-electron chi connectivity index (χ2n) is 3.55. The largest absolute Gasteiger partial charge is 0.477 e. The van der Waals surface area contributed by atoms with E-state index in [1.807, 2.05) is 0 Å². The van der Waals surface area contributed by atoms with Crippen LogP contribution in [0.1, 0.15) is 0 Å². The van der Waals surface area contributed by atoms with Crippen molar-refractivity contribution in [3.8, 4) is 11.3 Å². The molecule has 3 nitrogen and oxygen atoms in total. The second kappa shape index (κ2) is 4.69. The SMILES string of the molecule is FC(F)(F)C(F)(F)n1nnc(-c2ccccc2)c1I. The maximum absolute atomic E-state index is 13.2. The van der Waals surface area contributed by atoms with Crippen molar-refractivity contribution in [2.75, 3.05) is 0 Å². The van der Waals surface area contributed by atoms with E-state index in [9.17, 15) is 22.0 Å². The van der Waals surface area contributed by atoms with Crippen molar-refractivity contribution in [1.82, 2.24) is 15.0 Å². The minimum atomic E-state index is -5.73. The third-order valence-corrected chi connectivity index (χ3v) is 3.24. The van der Waals surface area contributed by atoms with Crippen LogP contribution in [0.5, 0.6) is 0 Å². The van der Waals surface area contributed by atoms with E-state index >= 15 is 0 Å². The summed E-state index contributed by atoms with van der Waals surface area (Å²) in [6.45, 7) is 0. The average molecular weight is 389 g/mol. The molecule has 0 radical (unpaired) electrons. The number of hydrogen-bond donors (Lipinski definition) is 0. The summed E-state index contributed by atoms with van der Waals surface area (Å²) in [5.41, 5.74) is 0.390. The molecule has 0 unspecified atom stereocenters. The van der Waals surface area contributed by atoms with Gasteiger partial charge in [-0.25, -0.2) is 0 Å². The van der Waals surface area contributed by atoms with Gasteiger partial charge in [-0.15, -0.1) is 5.10 Å². The lowest BCUT2D eigenvalue weighted by molar-refractivity contribution is -0.329. The first kappa shape index (κ1) is 14.2. The number of rotatable bonds is 2. The van der Waals surface area contributed by atoms with Crippen molar-refractivity contribution in [2.24, 2.45) is 0 Å². The van der Waals surface area contributed by atoms with E-state index in [1.165, 1.54) is 22.6 Å². The molecule has 0 atom stereocenters. The van der Waals surface area contributed by atoms with Gasteiger partial charge in [0.25, 0.3) is 0 Å². The highest BCUT2D eigenvalue weighted by Gasteiger charge is 2.61. The quantitative estimate of drug-likeness (QED) is 0.580. The highest BCUT2D eigenvalue weighted by molar-refractivity contribution is 14.1. The van der Waals surface area contributed by atoms with Crippen LogP contribution in [0.4, 0.5) is 22.0 Å². The fourth-order valence-electron chi connectivity index (χ4n) is 1.34. The highest BCUT2D eigenvalue weighted by atomic mass is 127. The Morgan fingerprint density at radius 3 is 2.11 bits per heavy atom. The van der Waals surface area contributed by atoms with Crippen LogP contribution in [-0.4, -0.2) is 21.2 Å². The molecular weight excluding hydrogens is 384 g/mol. The summed E-state index contributed by atoms with van der Waals surface area (Å²) in [6.07, 6.45) is -5.73. The standard InChI is InChI=1S/C10H5F5IN3/c11-9(12,13)10(14,15)19-8(16)7(17-18-19)6-4-2-1-3-5-6/h1-5H. The van der Waals surface area contributed by atoms with Gasteiger partial charge in [0.05, 0.1) is 0 Å². The van der Waals surface area contributed by atoms with Gasteiger partial charge in [0.2, 0.25) is 0 Å². The summed E-state index contributed by atoms with van der Waals surface area (Å²) in [4.78, 5) is 0. The molecule has 0 bridgehead atoms. The van der Waals surface area contributed by atoms with Crippen LogP contribution in [0.25, 0.3) is 11.3 Å². The average Bonchev–Trinajstić information content (AvgIpc) is 2.71. The Kier molecular flexibility index (Phi) is 3.49. The molecule has 0 aliphatic heterocycles. The molecule has 0 saturated heterocycles. The molecule has 2 rings (SSSR count). The number of halogens is 6. The van der Waals surface area contributed by atoms with Crippen molar-refractivity contribution < 1.29 is 22.0 Å². The third-order valence-electron chi connectivity index (χ3n) is 2.27. The van der Waals surface area contributed by atoms with E-state index in [-0.39, 0.29) is 9.39 Å². The summed E-state index contributed by atoms with van der Waals surface area (Å²) < 4.78 is 62.4. The first-order chi connectivity index (χ1) is 8.75. The normalized spacial score (nSPS) is 12.7. The zero-order valence-corrected chi connectivity index (χ0v) is 11.2. The van der Waals surface area contributed by atoms with Gasteiger partial charge < -0.3 is 0 Å². The van der Waals surface area contributed by atoms with E-state index in [1.54, 1.807) is 30.3 Å². The lowest BCUT2D eigenvalue weighted by atomic mass is 10.2. The summed E-state index contributed by atoms with van der Waals surface area (Å²) in [5.74, 6) is 0. The Balaban J connectivity index is 2.51. The molecule has 102 valence electrons. The summed E-state index contributed by atoms with van der Waals surface area (Å²) in [5, 5.41) is 6.31. The predicted molar refractivity (Wildman–Crippen MR) is 64.4 cm³/mol. The van der Waals surface area contributed by atoms with Crippen molar-refractivity contribution in [3.63, 3.8) is 0 Å². The molecule has 0 fully saturated rings. The smallest absolute Gasteiger partial charge is 0.170 e. The molecule has 0 aliphatic rings.